The Morgan fingerprint density at radius 3 is 2.56 bits per heavy atom. The predicted octanol–water partition coefficient (Wildman–Crippen LogP) is 1.87. The van der Waals surface area contributed by atoms with Crippen LogP contribution in [0.15, 0.2) is 41.6 Å². The van der Waals surface area contributed by atoms with Crippen molar-refractivity contribution in [1.82, 2.24) is 14.7 Å². The second-order valence-electron chi connectivity index (χ2n) is 6.18. The summed E-state index contributed by atoms with van der Waals surface area (Å²) in [7, 11) is -3.55. The highest BCUT2D eigenvalue weighted by atomic mass is 32.2. The third-order valence-corrected chi connectivity index (χ3v) is 5.73. The maximum Gasteiger partial charge on any atom is 0.240 e. The molecule has 2 aromatic rings. The van der Waals surface area contributed by atoms with Gasteiger partial charge in [-0.05, 0) is 44.0 Å². The number of hydrogen-bond acceptors (Lipinski definition) is 7. The van der Waals surface area contributed by atoms with E-state index in [9.17, 15) is 8.42 Å². The van der Waals surface area contributed by atoms with Crippen LogP contribution in [-0.2, 0) is 10.0 Å². The van der Waals surface area contributed by atoms with Gasteiger partial charge in [-0.25, -0.2) is 23.1 Å². The van der Waals surface area contributed by atoms with Crippen LogP contribution in [0.5, 0.6) is 5.75 Å². The first-order valence-corrected chi connectivity index (χ1v) is 10.6. The molecule has 1 aromatic heterocycles. The fourth-order valence-electron chi connectivity index (χ4n) is 2.90. The third-order valence-electron chi connectivity index (χ3n) is 4.25. The van der Waals surface area contributed by atoms with Crippen molar-refractivity contribution in [3.63, 3.8) is 0 Å². The molecule has 0 unspecified atom stereocenters. The first-order chi connectivity index (χ1) is 13.1. The van der Waals surface area contributed by atoms with Gasteiger partial charge in [0, 0.05) is 32.2 Å². The molecule has 2 heterocycles. The van der Waals surface area contributed by atoms with Crippen LogP contribution in [0.2, 0.25) is 0 Å². The molecule has 0 radical (unpaired) electrons. The molecule has 0 aliphatic carbocycles. The maximum atomic E-state index is 12.3. The summed E-state index contributed by atoms with van der Waals surface area (Å²) >= 11 is 0. The maximum absolute atomic E-state index is 12.3. The summed E-state index contributed by atoms with van der Waals surface area (Å²) in [5, 5.41) is 3.13. The van der Waals surface area contributed by atoms with Crippen molar-refractivity contribution >= 4 is 21.7 Å². The molecular weight excluding hydrogens is 366 g/mol. The highest BCUT2D eigenvalue weighted by molar-refractivity contribution is 7.89. The van der Waals surface area contributed by atoms with E-state index >= 15 is 0 Å². The first-order valence-electron chi connectivity index (χ1n) is 9.12. The molecule has 146 valence electrons. The molecule has 27 heavy (non-hydrogen) atoms. The summed E-state index contributed by atoms with van der Waals surface area (Å²) < 4.78 is 32.6. The SMILES string of the molecule is CCOc1ccc(S(=O)(=O)NCCNc2cc(N3CCCC3)ncn2)cc1. The van der Waals surface area contributed by atoms with E-state index in [4.69, 9.17) is 4.74 Å². The van der Waals surface area contributed by atoms with Crippen LogP contribution >= 0.6 is 0 Å². The average Bonchev–Trinajstić information content (AvgIpc) is 3.21. The number of anilines is 2. The van der Waals surface area contributed by atoms with Gasteiger partial charge in [0.05, 0.1) is 11.5 Å². The van der Waals surface area contributed by atoms with Crippen molar-refractivity contribution < 1.29 is 13.2 Å². The second-order valence-corrected chi connectivity index (χ2v) is 7.95. The van der Waals surface area contributed by atoms with Crippen LogP contribution in [0, 0.1) is 0 Å². The van der Waals surface area contributed by atoms with Crippen LogP contribution in [-0.4, -0.2) is 51.2 Å². The van der Waals surface area contributed by atoms with Gasteiger partial charge in [-0.2, -0.15) is 0 Å². The Bertz CT molecular complexity index is 836. The van der Waals surface area contributed by atoms with Gasteiger partial charge < -0.3 is 15.0 Å². The number of aromatic nitrogens is 2. The zero-order valence-corrected chi connectivity index (χ0v) is 16.2. The number of rotatable bonds is 9. The molecule has 1 fully saturated rings. The molecular formula is C18H25N5O3S. The molecule has 0 amide bonds. The lowest BCUT2D eigenvalue weighted by atomic mass is 10.3. The van der Waals surface area contributed by atoms with E-state index in [0.29, 0.717) is 24.7 Å². The molecule has 9 heteroatoms. The molecule has 3 rings (SSSR count). The van der Waals surface area contributed by atoms with Crippen molar-refractivity contribution in [3.05, 3.63) is 36.7 Å². The van der Waals surface area contributed by atoms with Crippen LogP contribution in [0.1, 0.15) is 19.8 Å². The van der Waals surface area contributed by atoms with Gasteiger partial charge in [-0.15, -0.1) is 0 Å². The molecule has 1 aromatic carbocycles. The van der Waals surface area contributed by atoms with E-state index in [-0.39, 0.29) is 11.4 Å². The van der Waals surface area contributed by atoms with Crippen molar-refractivity contribution in [1.29, 1.82) is 0 Å². The molecule has 1 aliphatic heterocycles. The normalized spacial score (nSPS) is 14.3. The van der Waals surface area contributed by atoms with Gasteiger partial charge in [0.1, 0.15) is 23.7 Å². The Kier molecular flexibility index (Phi) is 6.46. The summed E-state index contributed by atoms with van der Waals surface area (Å²) in [6.07, 6.45) is 3.89. The van der Waals surface area contributed by atoms with Crippen LogP contribution in [0.3, 0.4) is 0 Å². The molecule has 1 saturated heterocycles. The average molecular weight is 391 g/mol. The van der Waals surface area contributed by atoms with E-state index in [1.165, 1.54) is 31.3 Å². The summed E-state index contributed by atoms with van der Waals surface area (Å²) in [5.41, 5.74) is 0. The van der Waals surface area contributed by atoms with Crippen molar-refractivity contribution in [3.8, 4) is 5.75 Å². The molecule has 2 N–H and O–H groups in total. The minimum Gasteiger partial charge on any atom is -0.494 e. The Morgan fingerprint density at radius 1 is 1.11 bits per heavy atom. The molecule has 1 aliphatic rings. The zero-order valence-electron chi connectivity index (χ0n) is 15.4. The van der Waals surface area contributed by atoms with Gasteiger partial charge in [0.2, 0.25) is 10.0 Å². The Hall–Kier alpha value is -2.39. The van der Waals surface area contributed by atoms with Crippen molar-refractivity contribution in [2.45, 2.75) is 24.7 Å². The second kappa shape index (κ2) is 9.01. The predicted molar refractivity (Wildman–Crippen MR) is 105 cm³/mol. The van der Waals surface area contributed by atoms with E-state index < -0.39 is 10.0 Å². The number of nitrogens with one attached hydrogen (secondary N) is 2. The number of nitrogens with zero attached hydrogens (tertiary/aromatic N) is 3. The van der Waals surface area contributed by atoms with Crippen LogP contribution in [0.4, 0.5) is 11.6 Å². The number of hydrogen-bond donors (Lipinski definition) is 2. The Balaban J connectivity index is 1.49. The van der Waals surface area contributed by atoms with Crippen molar-refractivity contribution in [2.75, 3.05) is 43.0 Å². The lowest BCUT2D eigenvalue weighted by Crippen LogP contribution is -2.29. The highest BCUT2D eigenvalue weighted by Gasteiger charge is 2.15. The number of ether oxygens (including phenoxy) is 1. The Labute approximate surface area is 160 Å². The summed E-state index contributed by atoms with van der Waals surface area (Å²) in [6, 6.07) is 8.27. The minimum absolute atomic E-state index is 0.212. The van der Waals surface area contributed by atoms with Gasteiger partial charge >= 0.3 is 0 Å². The van der Waals surface area contributed by atoms with Gasteiger partial charge in [-0.1, -0.05) is 0 Å². The van der Waals surface area contributed by atoms with Crippen molar-refractivity contribution in [2.24, 2.45) is 0 Å². The standard InChI is InChI=1S/C18H25N5O3S/c1-2-26-15-5-7-16(8-6-15)27(24,25)22-10-9-19-17-13-18(21-14-20-17)23-11-3-4-12-23/h5-8,13-14,22H,2-4,9-12H2,1H3,(H,19,20,21). The van der Waals surface area contributed by atoms with Crippen LogP contribution < -0.4 is 19.7 Å². The van der Waals surface area contributed by atoms with Gasteiger partial charge in [-0.3, -0.25) is 0 Å². The lowest BCUT2D eigenvalue weighted by Gasteiger charge is -2.16. The highest BCUT2D eigenvalue weighted by Crippen LogP contribution is 2.19. The molecule has 0 spiro atoms. The Morgan fingerprint density at radius 2 is 1.85 bits per heavy atom. The van der Waals surface area contributed by atoms with Gasteiger partial charge in [0.25, 0.3) is 0 Å². The fraction of sp³-hybridized carbons (Fsp3) is 0.444. The molecule has 0 bridgehead atoms. The number of benzene rings is 1. The topological polar surface area (TPSA) is 96.5 Å². The summed E-state index contributed by atoms with van der Waals surface area (Å²) in [6.45, 7) is 5.12. The van der Waals surface area contributed by atoms with E-state index in [1.54, 1.807) is 12.1 Å². The first kappa shape index (κ1) is 19.4. The van der Waals surface area contributed by atoms with E-state index in [1.807, 2.05) is 13.0 Å². The molecule has 0 saturated carbocycles. The quantitative estimate of drug-likeness (QED) is 0.630. The number of sulfonamides is 1. The lowest BCUT2D eigenvalue weighted by molar-refractivity contribution is 0.340. The van der Waals surface area contributed by atoms with Crippen LogP contribution in [0.25, 0.3) is 0 Å². The van der Waals surface area contributed by atoms with E-state index in [2.05, 4.69) is 24.9 Å². The zero-order chi connectivity index (χ0) is 19.1. The van der Waals surface area contributed by atoms with Gasteiger partial charge in [0.15, 0.2) is 0 Å². The summed E-state index contributed by atoms with van der Waals surface area (Å²) in [5.74, 6) is 2.24. The smallest absolute Gasteiger partial charge is 0.240 e. The largest absolute Gasteiger partial charge is 0.494 e. The third kappa shape index (κ3) is 5.30. The van der Waals surface area contributed by atoms with E-state index in [0.717, 1.165) is 18.9 Å². The molecule has 8 nitrogen and oxygen atoms in total. The molecule has 0 atom stereocenters. The summed E-state index contributed by atoms with van der Waals surface area (Å²) in [4.78, 5) is 10.9. The fourth-order valence-corrected chi connectivity index (χ4v) is 3.94. The minimum atomic E-state index is -3.55. The monoisotopic (exact) mass is 391 g/mol.